The summed E-state index contributed by atoms with van der Waals surface area (Å²) < 4.78 is 5.22. The van der Waals surface area contributed by atoms with E-state index in [2.05, 4.69) is 5.32 Å². The summed E-state index contributed by atoms with van der Waals surface area (Å²) in [5, 5.41) is 3.61. The molecule has 2 amide bonds. The lowest BCUT2D eigenvalue weighted by Gasteiger charge is -2.27. The van der Waals surface area contributed by atoms with Gasteiger partial charge in [0.05, 0.1) is 41.0 Å². The average molecular weight is 396 g/mol. The molecule has 1 aliphatic heterocycles. The number of amides is 2. The molecule has 0 bridgehead atoms. The number of ether oxygens (including phenoxy) is 1. The molecular weight excluding hydrogens is 377 g/mol. The molecule has 24 heavy (non-hydrogen) atoms. The number of hydrogen-bond donors (Lipinski definition) is 2. The minimum absolute atomic E-state index is 0.0103. The number of benzene rings is 1. The first-order valence-electron chi connectivity index (χ1n) is 7.48. The zero-order chi connectivity index (χ0) is 17.7. The molecule has 9 heteroatoms. The van der Waals surface area contributed by atoms with Crippen molar-refractivity contribution >= 4 is 52.3 Å². The predicted molar refractivity (Wildman–Crippen MR) is 94.1 cm³/mol. The first-order chi connectivity index (χ1) is 11.4. The topological polar surface area (TPSA) is 63.1 Å². The molecule has 1 aliphatic rings. The summed E-state index contributed by atoms with van der Waals surface area (Å²) in [7, 11) is 1.79. The van der Waals surface area contributed by atoms with Crippen LogP contribution in [-0.2, 0) is 14.3 Å². The number of anilines is 1. The summed E-state index contributed by atoms with van der Waals surface area (Å²) >= 11 is 17.8. The van der Waals surface area contributed by atoms with Crippen LogP contribution in [0.2, 0.25) is 15.1 Å². The lowest BCUT2D eigenvalue weighted by atomic mass is 10.3. The Labute approximate surface area is 155 Å². The highest BCUT2D eigenvalue weighted by atomic mass is 35.5. The second-order valence-corrected chi connectivity index (χ2v) is 6.82. The number of likely N-dealkylation sites (N-methyl/N-ethyl adjacent to an activating group) is 1. The predicted octanol–water partition coefficient (Wildman–Crippen LogP) is 0.959. The number of nitrogens with zero attached hydrogens (tertiary/aromatic N) is 1. The average Bonchev–Trinajstić information content (AvgIpc) is 2.53. The zero-order valence-corrected chi connectivity index (χ0v) is 15.5. The molecule has 132 valence electrons. The van der Waals surface area contributed by atoms with E-state index >= 15 is 0 Å². The number of halogens is 3. The van der Waals surface area contributed by atoms with Crippen molar-refractivity contribution in [3.63, 3.8) is 0 Å². The summed E-state index contributed by atoms with van der Waals surface area (Å²) in [4.78, 5) is 26.8. The summed E-state index contributed by atoms with van der Waals surface area (Å²) in [5.74, 6) is -0.251. The second-order valence-electron chi connectivity index (χ2n) is 5.60. The van der Waals surface area contributed by atoms with E-state index in [1.807, 2.05) is 0 Å². The smallest absolute Gasteiger partial charge is 0.279 e. The van der Waals surface area contributed by atoms with Crippen LogP contribution in [0.3, 0.4) is 0 Å². The Morgan fingerprint density at radius 2 is 1.75 bits per heavy atom. The van der Waals surface area contributed by atoms with Gasteiger partial charge in [0.1, 0.15) is 0 Å². The number of hydrogen-bond acceptors (Lipinski definition) is 3. The molecule has 2 N–H and O–H groups in total. The van der Waals surface area contributed by atoms with Crippen LogP contribution in [0.15, 0.2) is 12.1 Å². The normalized spacial score (nSPS) is 15.9. The molecule has 1 heterocycles. The van der Waals surface area contributed by atoms with Crippen molar-refractivity contribution in [2.24, 2.45) is 0 Å². The second kappa shape index (κ2) is 8.87. The van der Waals surface area contributed by atoms with Crippen LogP contribution in [0.1, 0.15) is 0 Å². The molecule has 0 aliphatic carbocycles. The van der Waals surface area contributed by atoms with Gasteiger partial charge in [-0.2, -0.15) is 0 Å². The van der Waals surface area contributed by atoms with Crippen molar-refractivity contribution in [1.82, 2.24) is 4.90 Å². The Morgan fingerprint density at radius 3 is 2.42 bits per heavy atom. The van der Waals surface area contributed by atoms with Gasteiger partial charge in [-0.1, -0.05) is 34.8 Å². The van der Waals surface area contributed by atoms with Crippen LogP contribution < -0.4 is 10.2 Å². The van der Waals surface area contributed by atoms with Gasteiger partial charge in [0.25, 0.3) is 11.8 Å². The molecule has 1 aromatic carbocycles. The SMILES string of the molecule is C[NH+](CC(=O)Nc1cc(Cl)c(Cl)cc1Cl)CC(=O)N1CCOCC1. The van der Waals surface area contributed by atoms with Crippen LogP contribution in [-0.4, -0.2) is 63.2 Å². The molecule has 0 radical (unpaired) electrons. The Hall–Kier alpha value is -1.05. The summed E-state index contributed by atoms with van der Waals surface area (Å²) in [6.45, 7) is 2.67. The monoisotopic (exact) mass is 394 g/mol. The Morgan fingerprint density at radius 1 is 1.12 bits per heavy atom. The molecular formula is C15H19Cl3N3O3+. The number of nitrogens with one attached hydrogen (secondary N) is 2. The number of carbonyl (C=O) groups is 2. The maximum Gasteiger partial charge on any atom is 0.279 e. The van der Waals surface area contributed by atoms with Crippen molar-refractivity contribution < 1.29 is 19.2 Å². The first kappa shape index (κ1) is 19.3. The van der Waals surface area contributed by atoms with E-state index in [0.717, 1.165) is 4.90 Å². The zero-order valence-electron chi connectivity index (χ0n) is 13.2. The Bertz CT molecular complexity index is 621. The minimum Gasteiger partial charge on any atom is -0.378 e. The van der Waals surface area contributed by atoms with Gasteiger partial charge >= 0.3 is 0 Å². The molecule has 1 atom stereocenters. The molecule has 0 spiro atoms. The number of rotatable bonds is 5. The summed E-state index contributed by atoms with van der Waals surface area (Å²) in [5.41, 5.74) is 0.392. The highest BCUT2D eigenvalue weighted by molar-refractivity contribution is 6.44. The Balaban J connectivity index is 1.85. The maximum atomic E-state index is 12.1. The van der Waals surface area contributed by atoms with Crippen LogP contribution in [0.5, 0.6) is 0 Å². The molecule has 1 unspecified atom stereocenters. The van der Waals surface area contributed by atoms with Crippen molar-refractivity contribution in [2.75, 3.05) is 51.8 Å². The van der Waals surface area contributed by atoms with E-state index in [4.69, 9.17) is 39.5 Å². The van der Waals surface area contributed by atoms with Crippen LogP contribution in [0.4, 0.5) is 5.69 Å². The Kier molecular flexibility index (Phi) is 7.13. The van der Waals surface area contributed by atoms with Gasteiger partial charge in [-0.15, -0.1) is 0 Å². The van der Waals surface area contributed by atoms with E-state index in [9.17, 15) is 9.59 Å². The fourth-order valence-corrected chi connectivity index (χ4v) is 2.93. The van der Waals surface area contributed by atoms with Crippen molar-refractivity contribution in [3.8, 4) is 0 Å². The van der Waals surface area contributed by atoms with E-state index < -0.39 is 0 Å². The highest BCUT2D eigenvalue weighted by Crippen LogP contribution is 2.32. The summed E-state index contributed by atoms with van der Waals surface area (Å²) in [6.07, 6.45) is 0. The third-order valence-electron chi connectivity index (χ3n) is 3.56. The molecule has 6 nitrogen and oxygen atoms in total. The van der Waals surface area contributed by atoms with Gasteiger partial charge in [-0.25, -0.2) is 0 Å². The highest BCUT2D eigenvalue weighted by Gasteiger charge is 2.21. The molecule has 0 aromatic heterocycles. The number of morpholine rings is 1. The number of quaternary nitrogens is 1. The van der Waals surface area contributed by atoms with Crippen molar-refractivity contribution in [3.05, 3.63) is 27.2 Å². The van der Waals surface area contributed by atoms with Gasteiger partial charge < -0.3 is 19.9 Å². The largest absolute Gasteiger partial charge is 0.378 e. The van der Waals surface area contributed by atoms with E-state index in [1.165, 1.54) is 12.1 Å². The van der Waals surface area contributed by atoms with Crippen molar-refractivity contribution in [1.29, 1.82) is 0 Å². The van der Waals surface area contributed by atoms with Gasteiger partial charge in [-0.3, -0.25) is 9.59 Å². The molecule has 0 saturated carbocycles. The van der Waals surface area contributed by atoms with E-state index in [0.29, 0.717) is 47.1 Å². The van der Waals surface area contributed by atoms with Gasteiger partial charge in [0.2, 0.25) is 0 Å². The number of carbonyl (C=O) groups excluding carboxylic acids is 2. The third-order valence-corrected chi connectivity index (χ3v) is 4.60. The lowest BCUT2D eigenvalue weighted by Crippen LogP contribution is -3.11. The quantitative estimate of drug-likeness (QED) is 0.730. The maximum absolute atomic E-state index is 12.1. The fourth-order valence-electron chi connectivity index (χ4n) is 2.33. The van der Waals surface area contributed by atoms with E-state index in [-0.39, 0.29) is 24.9 Å². The standard InChI is InChI=1S/C15H18Cl3N3O3/c1-20(9-15(23)21-2-4-24-5-3-21)8-14(22)19-13-7-11(17)10(16)6-12(13)18/h6-7H,2-5,8-9H2,1H3,(H,19,22)/p+1. The van der Waals surface area contributed by atoms with Gasteiger partial charge in [0, 0.05) is 13.1 Å². The van der Waals surface area contributed by atoms with Crippen molar-refractivity contribution in [2.45, 2.75) is 0 Å². The van der Waals surface area contributed by atoms with Crippen LogP contribution >= 0.6 is 34.8 Å². The van der Waals surface area contributed by atoms with Crippen LogP contribution in [0, 0.1) is 0 Å². The van der Waals surface area contributed by atoms with Gasteiger partial charge in [-0.05, 0) is 12.1 Å². The third kappa shape index (κ3) is 5.50. The summed E-state index contributed by atoms with van der Waals surface area (Å²) in [6, 6.07) is 2.97. The lowest BCUT2D eigenvalue weighted by molar-refractivity contribution is -0.862. The van der Waals surface area contributed by atoms with Crippen LogP contribution in [0.25, 0.3) is 0 Å². The molecule has 1 aromatic rings. The molecule has 1 fully saturated rings. The fraction of sp³-hybridized carbons (Fsp3) is 0.467. The van der Waals surface area contributed by atoms with E-state index in [1.54, 1.807) is 11.9 Å². The molecule has 1 saturated heterocycles. The van der Waals surface area contributed by atoms with Gasteiger partial charge in [0.15, 0.2) is 13.1 Å². The minimum atomic E-state index is -0.262. The first-order valence-corrected chi connectivity index (χ1v) is 8.61. The molecule has 2 rings (SSSR count).